The zero-order valence-electron chi connectivity index (χ0n) is 11.0. The quantitative estimate of drug-likeness (QED) is 0.680. The summed E-state index contributed by atoms with van der Waals surface area (Å²) in [5.74, 6) is -0.826. The summed E-state index contributed by atoms with van der Waals surface area (Å²) in [6.45, 7) is 9.61. The standard InChI is InChI=1S/C13H24O3/c1-6-7-8-9-13(4,5)16-10-12(2,3)11(14)15/h7-8H,6,9-10H2,1-5H3,(H,14,15). The van der Waals surface area contributed by atoms with Crippen molar-refractivity contribution < 1.29 is 14.6 Å². The van der Waals surface area contributed by atoms with Gasteiger partial charge in [0.25, 0.3) is 0 Å². The highest BCUT2D eigenvalue weighted by atomic mass is 16.5. The number of aliphatic carboxylic acids is 1. The Morgan fingerprint density at radius 3 is 2.25 bits per heavy atom. The van der Waals surface area contributed by atoms with Crippen molar-refractivity contribution in [3.05, 3.63) is 12.2 Å². The van der Waals surface area contributed by atoms with Gasteiger partial charge in [0.05, 0.1) is 17.6 Å². The molecular weight excluding hydrogens is 204 g/mol. The highest BCUT2D eigenvalue weighted by Gasteiger charge is 2.30. The van der Waals surface area contributed by atoms with Gasteiger partial charge in [-0.2, -0.15) is 0 Å². The van der Waals surface area contributed by atoms with E-state index in [0.29, 0.717) is 0 Å². The van der Waals surface area contributed by atoms with Gasteiger partial charge in [0.15, 0.2) is 0 Å². The van der Waals surface area contributed by atoms with Crippen LogP contribution in [0.25, 0.3) is 0 Å². The van der Waals surface area contributed by atoms with E-state index >= 15 is 0 Å². The minimum atomic E-state index is -0.828. The van der Waals surface area contributed by atoms with E-state index in [9.17, 15) is 4.79 Å². The molecule has 0 bridgehead atoms. The SMILES string of the molecule is CCC=CCC(C)(C)OCC(C)(C)C(=O)O. The third-order valence-corrected chi connectivity index (χ3v) is 2.41. The van der Waals surface area contributed by atoms with Crippen LogP contribution < -0.4 is 0 Å². The summed E-state index contributed by atoms with van der Waals surface area (Å²) in [5.41, 5.74) is -1.13. The van der Waals surface area contributed by atoms with Gasteiger partial charge in [0.1, 0.15) is 0 Å². The molecule has 0 aliphatic heterocycles. The Balaban J connectivity index is 4.17. The van der Waals surface area contributed by atoms with Gasteiger partial charge in [-0.05, 0) is 40.5 Å². The molecule has 94 valence electrons. The van der Waals surface area contributed by atoms with Gasteiger partial charge in [-0.15, -0.1) is 0 Å². The number of carboxylic acids is 1. The summed E-state index contributed by atoms with van der Waals surface area (Å²) in [7, 11) is 0. The molecule has 1 N–H and O–H groups in total. The molecule has 0 radical (unpaired) electrons. The zero-order valence-corrected chi connectivity index (χ0v) is 11.0. The summed E-state index contributed by atoms with van der Waals surface area (Å²) in [4.78, 5) is 10.9. The molecule has 0 spiro atoms. The van der Waals surface area contributed by atoms with Crippen LogP contribution in [0.5, 0.6) is 0 Å². The normalized spacial score (nSPS) is 13.3. The number of ether oxygens (including phenoxy) is 1. The number of carboxylic acid groups (broad SMARTS) is 1. The van der Waals surface area contributed by atoms with Crippen molar-refractivity contribution >= 4 is 5.97 Å². The van der Waals surface area contributed by atoms with Crippen molar-refractivity contribution in [3.63, 3.8) is 0 Å². The second-order valence-electron chi connectivity index (χ2n) is 5.32. The first-order valence-electron chi connectivity index (χ1n) is 5.73. The molecule has 0 atom stereocenters. The predicted molar refractivity (Wildman–Crippen MR) is 65.5 cm³/mol. The molecule has 0 aromatic heterocycles. The van der Waals surface area contributed by atoms with Gasteiger partial charge in [-0.25, -0.2) is 0 Å². The number of allylic oxidation sites excluding steroid dienone is 1. The fourth-order valence-electron chi connectivity index (χ4n) is 1.03. The van der Waals surface area contributed by atoms with Crippen LogP contribution in [0.3, 0.4) is 0 Å². The third kappa shape index (κ3) is 5.91. The Labute approximate surface area is 98.5 Å². The Morgan fingerprint density at radius 1 is 1.25 bits per heavy atom. The van der Waals surface area contributed by atoms with Crippen LogP contribution in [0.15, 0.2) is 12.2 Å². The molecule has 0 unspecified atom stereocenters. The summed E-state index contributed by atoms with van der Waals surface area (Å²) in [6.07, 6.45) is 5.98. The van der Waals surface area contributed by atoms with Crippen molar-refractivity contribution in [2.24, 2.45) is 5.41 Å². The van der Waals surface area contributed by atoms with Crippen molar-refractivity contribution in [3.8, 4) is 0 Å². The molecule has 0 amide bonds. The van der Waals surface area contributed by atoms with E-state index in [-0.39, 0.29) is 12.2 Å². The van der Waals surface area contributed by atoms with Crippen LogP contribution in [0.4, 0.5) is 0 Å². The smallest absolute Gasteiger partial charge is 0.311 e. The molecule has 0 aromatic rings. The van der Waals surface area contributed by atoms with E-state index in [0.717, 1.165) is 12.8 Å². The second kappa shape index (κ2) is 6.04. The fourth-order valence-corrected chi connectivity index (χ4v) is 1.03. The Bertz CT molecular complexity index is 252. The minimum Gasteiger partial charge on any atom is -0.481 e. The highest BCUT2D eigenvalue weighted by Crippen LogP contribution is 2.22. The first kappa shape index (κ1) is 15.2. The van der Waals surface area contributed by atoms with Crippen LogP contribution in [-0.4, -0.2) is 23.3 Å². The van der Waals surface area contributed by atoms with E-state index in [1.807, 2.05) is 13.8 Å². The topological polar surface area (TPSA) is 46.5 Å². The van der Waals surface area contributed by atoms with Gasteiger partial charge in [0.2, 0.25) is 0 Å². The number of hydrogen-bond donors (Lipinski definition) is 1. The van der Waals surface area contributed by atoms with Crippen LogP contribution in [-0.2, 0) is 9.53 Å². The first-order valence-corrected chi connectivity index (χ1v) is 5.73. The summed E-state index contributed by atoms with van der Waals surface area (Å²) < 4.78 is 5.67. The van der Waals surface area contributed by atoms with Gasteiger partial charge in [-0.3, -0.25) is 4.79 Å². The molecule has 0 saturated carbocycles. The molecule has 0 saturated heterocycles. The molecule has 0 fully saturated rings. The number of hydrogen-bond acceptors (Lipinski definition) is 2. The van der Waals surface area contributed by atoms with Gasteiger partial charge in [-0.1, -0.05) is 19.1 Å². The minimum absolute atomic E-state index is 0.231. The van der Waals surface area contributed by atoms with Crippen LogP contribution in [0.2, 0.25) is 0 Å². The zero-order chi connectivity index (χ0) is 12.8. The molecule has 0 rings (SSSR count). The van der Waals surface area contributed by atoms with E-state index in [2.05, 4.69) is 19.1 Å². The maximum absolute atomic E-state index is 10.9. The molecule has 0 aromatic carbocycles. The van der Waals surface area contributed by atoms with Gasteiger partial charge in [0, 0.05) is 0 Å². The number of rotatable bonds is 7. The van der Waals surface area contributed by atoms with Gasteiger partial charge >= 0.3 is 5.97 Å². The molecule has 0 aliphatic carbocycles. The molecule has 16 heavy (non-hydrogen) atoms. The van der Waals surface area contributed by atoms with E-state index in [4.69, 9.17) is 9.84 Å². The molecule has 0 aliphatic rings. The lowest BCUT2D eigenvalue weighted by Gasteiger charge is -2.28. The highest BCUT2D eigenvalue weighted by molar-refractivity contribution is 5.73. The third-order valence-electron chi connectivity index (χ3n) is 2.41. The summed E-state index contributed by atoms with van der Waals surface area (Å²) >= 11 is 0. The molecule has 3 nitrogen and oxygen atoms in total. The lowest BCUT2D eigenvalue weighted by Crippen LogP contribution is -2.35. The maximum Gasteiger partial charge on any atom is 0.311 e. The summed E-state index contributed by atoms with van der Waals surface area (Å²) in [6, 6.07) is 0. The second-order valence-corrected chi connectivity index (χ2v) is 5.32. The monoisotopic (exact) mass is 228 g/mol. The molecule has 0 heterocycles. The van der Waals surface area contributed by atoms with Gasteiger partial charge < -0.3 is 9.84 Å². The first-order chi connectivity index (χ1) is 7.21. The lowest BCUT2D eigenvalue weighted by molar-refractivity contribution is -0.154. The van der Waals surface area contributed by atoms with Crippen molar-refractivity contribution in [1.82, 2.24) is 0 Å². The van der Waals surface area contributed by atoms with Crippen molar-refractivity contribution in [2.45, 2.75) is 53.1 Å². The predicted octanol–water partition coefficient (Wildman–Crippen LogP) is 3.25. The van der Waals surface area contributed by atoms with Crippen LogP contribution in [0, 0.1) is 5.41 Å². The molecular formula is C13H24O3. The Kier molecular flexibility index (Phi) is 5.73. The van der Waals surface area contributed by atoms with Crippen molar-refractivity contribution in [1.29, 1.82) is 0 Å². The summed E-state index contributed by atoms with van der Waals surface area (Å²) in [5, 5.41) is 8.96. The van der Waals surface area contributed by atoms with E-state index < -0.39 is 11.4 Å². The largest absolute Gasteiger partial charge is 0.481 e. The Hall–Kier alpha value is -0.830. The van der Waals surface area contributed by atoms with Crippen molar-refractivity contribution in [2.75, 3.05) is 6.61 Å². The average Bonchev–Trinajstić information content (AvgIpc) is 2.15. The fraction of sp³-hybridized carbons (Fsp3) is 0.769. The lowest BCUT2D eigenvalue weighted by atomic mass is 9.94. The van der Waals surface area contributed by atoms with E-state index in [1.54, 1.807) is 13.8 Å². The molecule has 3 heteroatoms. The van der Waals surface area contributed by atoms with E-state index in [1.165, 1.54) is 0 Å². The van der Waals surface area contributed by atoms with Crippen LogP contribution in [0.1, 0.15) is 47.5 Å². The maximum atomic E-state index is 10.9. The number of carbonyl (C=O) groups is 1. The Morgan fingerprint density at radius 2 is 1.81 bits per heavy atom. The average molecular weight is 228 g/mol. The van der Waals surface area contributed by atoms with Crippen LogP contribution >= 0.6 is 0 Å².